The van der Waals surface area contributed by atoms with Crippen LogP contribution in [0.25, 0.3) is 0 Å². The summed E-state index contributed by atoms with van der Waals surface area (Å²) in [5, 5.41) is 68.7. The van der Waals surface area contributed by atoms with Gasteiger partial charge in [-0.2, -0.15) is 0 Å². The van der Waals surface area contributed by atoms with E-state index in [1.807, 2.05) is 86.6 Å². The molecule has 0 aromatic carbocycles. The molecule has 594 valence electrons. The van der Waals surface area contributed by atoms with Crippen LogP contribution >= 0.6 is 0 Å². The van der Waals surface area contributed by atoms with Crippen LogP contribution < -0.4 is 27.0 Å². The molecular formula is C60H139N13O20S5. The summed E-state index contributed by atoms with van der Waals surface area (Å²) in [6.45, 7) is 27.2. The fourth-order valence-electron chi connectivity index (χ4n) is 6.41. The molecule has 1 saturated heterocycles. The van der Waals surface area contributed by atoms with Crippen LogP contribution in [0.15, 0.2) is 0 Å². The molecular weight excluding hydrogens is 1380 g/mol. The van der Waals surface area contributed by atoms with Crippen LogP contribution in [0.5, 0.6) is 0 Å². The number of nitrogens with zero attached hydrogens (tertiary/aromatic N) is 8. The van der Waals surface area contributed by atoms with Crippen molar-refractivity contribution in [3.05, 3.63) is 0 Å². The summed E-state index contributed by atoms with van der Waals surface area (Å²) in [6, 6.07) is -1.17. The highest BCUT2D eigenvalue weighted by molar-refractivity contribution is 7.89. The van der Waals surface area contributed by atoms with Gasteiger partial charge in [-0.05, 0) is 110 Å². The van der Waals surface area contributed by atoms with E-state index >= 15 is 0 Å². The Labute approximate surface area is 593 Å². The molecule has 98 heavy (non-hydrogen) atoms. The van der Waals surface area contributed by atoms with Gasteiger partial charge in [-0.25, -0.2) is 63.6 Å². The van der Waals surface area contributed by atoms with Gasteiger partial charge in [-0.1, -0.05) is 48.5 Å². The number of likely N-dealkylation sites (N-methyl/N-ethyl adjacent to an activating group) is 9. The largest absolute Gasteiger partial charge is 0.390 e. The number of hydrogen-bond acceptors (Lipinski definition) is 25. The van der Waals surface area contributed by atoms with Crippen molar-refractivity contribution in [1.82, 2.24) is 57.5 Å². The smallest absolute Gasteiger partial charge is 0.223 e. The fraction of sp³-hybridized carbons (Fsp3) is 0.950. The van der Waals surface area contributed by atoms with Crippen molar-refractivity contribution in [1.29, 1.82) is 0 Å². The molecule has 0 aliphatic carbocycles. The van der Waals surface area contributed by atoms with Crippen molar-refractivity contribution >= 4 is 67.8 Å². The number of aliphatic hydroxyl groups is 6. The summed E-state index contributed by atoms with van der Waals surface area (Å²) >= 11 is 0. The number of epoxide rings is 1. The van der Waals surface area contributed by atoms with E-state index in [2.05, 4.69) is 47.2 Å². The predicted molar refractivity (Wildman–Crippen MR) is 391 cm³/mol. The van der Waals surface area contributed by atoms with E-state index in [9.17, 15) is 87.1 Å². The molecule has 38 heteroatoms. The monoisotopic (exact) mass is 1520 g/mol. The summed E-state index contributed by atoms with van der Waals surface area (Å²) in [5.74, 6) is -0.664. The Bertz CT molecular complexity index is 2760. The van der Waals surface area contributed by atoms with Crippen LogP contribution in [0.2, 0.25) is 0 Å². The lowest BCUT2D eigenvalue weighted by Gasteiger charge is -2.27. The summed E-state index contributed by atoms with van der Waals surface area (Å²) in [6.07, 6.45) is 2.08. The van der Waals surface area contributed by atoms with Crippen LogP contribution in [0.1, 0.15) is 103 Å². The first-order valence-electron chi connectivity index (χ1n) is 32.4. The molecule has 1 rings (SSSR count). The predicted octanol–water partition coefficient (Wildman–Crippen LogP) is -3.15. The lowest BCUT2D eigenvalue weighted by molar-refractivity contribution is -0.127. The van der Waals surface area contributed by atoms with Crippen LogP contribution in [0.3, 0.4) is 0 Å². The maximum atomic E-state index is 11.8. The highest BCUT2D eigenvalue weighted by Crippen LogP contribution is 2.16. The van der Waals surface area contributed by atoms with E-state index in [0.29, 0.717) is 18.7 Å². The lowest BCUT2D eigenvalue weighted by Crippen LogP contribution is -2.48. The van der Waals surface area contributed by atoms with Crippen molar-refractivity contribution in [2.75, 3.05) is 162 Å². The normalized spacial score (nSPS) is 18.3. The number of carbonyl (C=O) groups is 3. The molecule has 0 radical (unpaired) electrons. The second kappa shape index (κ2) is 50.8. The van der Waals surface area contributed by atoms with Crippen LogP contribution in [0, 0.1) is 23.7 Å². The second-order valence-electron chi connectivity index (χ2n) is 26.9. The average Bonchev–Trinajstić information content (AvgIpc) is 1.46. The maximum absolute atomic E-state index is 11.8. The summed E-state index contributed by atoms with van der Waals surface area (Å²) in [5.41, 5.74) is 5.36. The van der Waals surface area contributed by atoms with Gasteiger partial charge in [0.2, 0.25) is 67.8 Å². The van der Waals surface area contributed by atoms with Crippen molar-refractivity contribution in [2.45, 2.75) is 188 Å². The van der Waals surface area contributed by atoms with Gasteiger partial charge in [0.25, 0.3) is 0 Å². The molecule has 0 aromatic heterocycles. The SMILES string of the molecule is CC(C)C(=O)N[C@@H](C)C(O)CN(C)S(C)(=O)=O.CC(C)C(C)C(=O)N[C@@H](C)C(O)CN(C)S(C)(=O)=O.CCC(C)C(=O)N[C@@H](C)C(O)CN(C)S(C)(=O)=O.CNCC(O)[C@H](C)N(C)C.C[C@@H](C(O)CN(C)S(C)(=O)=O)N(C)C.C[C@@H](C1CO1)N(C)C.C[C@H](N)C(O)CN(C)S(C)(=O)=O. The Morgan fingerprint density at radius 2 is 0.704 bits per heavy atom. The average molecular weight is 1520 g/mol. The molecule has 1 heterocycles. The minimum Gasteiger partial charge on any atom is -0.390 e. The number of carbonyl (C=O) groups excluding carboxylic acids is 3. The van der Waals surface area contributed by atoms with Gasteiger partial charge in [0, 0.05) is 116 Å². The van der Waals surface area contributed by atoms with Gasteiger partial charge in [-0.3, -0.25) is 14.4 Å². The minimum absolute atomic E-state index is 0.0382. The molecule has 0 spiro atoms. The molecule has 0 bridgehead atoms. The third-order valence-electron chi connectivity index (χ3n) is 16.4. The number of amides is 3. The molecule has 0 saturated carbocycles. The van der Waals surface area contributed by atoms with Crippen LogP contribution in [-0.4, -0.2) is 373 Å². The van der Waals surface area contributed by atoms with Crippen molar-refractivity contribution in [3.63, 3.8) is 0 Å². The Morgan fingerprint density at radius 3 is 0.918 bits per heavy atom. The fourth-order valence-corrected chi connectivity index (χ4v) is 8.53. The van der Waals surface area contributed by atoms with Gasteiger partial charge in [0.1, 0.15) is 0 Å². The highest BCUT2D eigenvalue weighted by Gasteiger charge is 2.31. The number of sulfonamides is 5. The molecule has 3 amide bonds. The molecule has 9 unspecified atom stereocenters. The summed E-state index contributed by atoms with van der Waals surface area (Å²) in [7, 11) is 4.25. The Hall–Kier alpha value is -2.52. The van der Waals surface area contributed by atoms with E-state index in [1.54, 1.807) is 48.5 Å². The first-order chi connectivity index (χ1) is 43.8. The maximum Gasteiger partial charge on any atom is 0.223 e. The second-order valence-corrected chi connectivity index (χ2v) is 37.4. The van der Waals surface area contributed by atoms with E-state index < -0.39 is 105 Å². The molecule has 0 aromatic rings. The van der Waals surface area contributed by atoms with Crippen molar-refractivity contribution in [2.24, 2.45) is 29.4 Å². The number of nitrogens with two attached hydrogens (primary N) is 1. The standard InChI is InChI=1S/C12H26N2O4S.C11H24N2O4S.C10H22N2O4S.C8H20N2O3S.C7H18N2O.C6H16N2O3S.C6H13NO/c1-8(2)9(3)12(16)13-10(4)11(15)7-14(5)19(6,17)18;1-6-8(2)11(15)12-9(3)10(14)7-13(4)18(5,16)17;1-7(2)10(14)11-8(3)9(13)6-12(4)17(5,15)16;1-7(9(2)3)8(11)6-10(4)14(5,12)13;1-6(9(3)4)7(10)5-8-2;1-5(7)6(9)4-8(2)12(3,10)11;1-5(7(2)3)6-4-8-6/h8-11,15H,7H2,1-6H3,(H,13,16);8-10,14H,6-7H2,1-5H3,(H,12,15);7-9,13H,6H2,1-5H3,(H,11,14);7-8,11H,6H2,1-5H3;6-8,10H,5H2,1-4H3;5-6,9H,4,7H2,1-3H3;5-6H,4H2,1-3H3/t9?,10-,11?;8?,9-,10?;8-,9?;7-,8?;6-,7?;2*5-,6?/m0000000/s1. The number of aliphatic hydroxyl groups excluding tert-OH is 6. The van der Waals surface area contributed by atoms with Crippen LogP contribution in [0.4, 0.5) is 0 Å². The summed E-state index contributed by atoms with van der Waals surface area (Å²) in [4.78, 5) is 40.9. The zero-order chi connectivity index (χ0) is 79.4. The first-order valence-corrected chi connectivity index (χ1v) is 41.6. The van der Waals surface area contributed by atoms with Gasteiger partial charge >= 0.3 is 0 Å². The molecule has 1 aliphatic heterocycles. The molecule has 1 aliphatic rings. The van der Waals surface area contributed by atoms with Gasteiger partial charge in [-0.15, -0.1) is 0 Å². The zero-order valence-electron chi connectivity index (χ0n) is 65.1. The Balaban J connectivity index is -0.000000256. The molecule has 33 nitrogen and oxygen atoms in total. The third-order valence-corrected chi connectivity index (χ3v) is 22.8. The number of rotatable bonds is 35. The Morgan fingerprint density at radius 1 is 0.439 bits per heavy atom. The van der Waals surface area contributed by atoms with Crippen molar-refractivity contribution in [3.8, 4) is 0 Å². The minimum atomic E-state index is -3.33. The van der Waals surface area contributed by atoms with Crippen molar-refractivity contribution < 1.29 is 91.8 Å². The molecule has 12 N–H and O–H groups in total. The summed E-state index contributed by atoms with van der Waals surface area (Å²) < 4.78 is 121. The molecule has 1 fully saturated rings. The van der Waals surface area contributed by atoms with Gasteiger partial charge in [0.05, 0.1) is 98.7 Å². The topological polar surface area (TPSA) is 456 Å². The number of hydrogen-bond donors (Lipinski definition) is 11. The number of ether oxygens (including phenoxy) is 1. The van der Waals surface area contributed by atoms with E-state index in [-0.39, 0.29) is 92.3 Å². The van der Waals surface area contributed by atoms with Gasteiger partial charge in [0.15, 0.2) is 0 Å². The van der Waals surface area contributed by atoms with E-state index in [1.165, 1.54) is 35.2 Å². The third kappa shape index (κ3) is 52.4. The lowest BCUT2D eigenvalue weighted by atomic mass is 9.97. The van der Waals surface area contributed by atoms with Crippen LogP contribution in [-0.2, 0) is 69.2 Å². The highest BCUT2D eigenvalue weighted by atomic mass is 32.2. The zero-order valence-corrected chi connectivity index (χ0v) is 69.2. The first kappa shape index (κ1) is 106. The van der Waals surface area contributed by atoms with E-state index in [0.717, 1.165) is 65.8 Å². The Kier molecular flexibility index (Phi) is 55.2. The quantitative estimate of drug-likeness (QED) is 0.0279. The number of nitrogens with one attached hydrogen (secondary N) is 4. The van der Waals surface area contributed by atoms with Gasteiger partial charge < -0.3 is 77.1 Å². The van der Waals surface area contributed by atoms with E-state index in [4.69, 9.17) is 10.5 Å². The molecule has 16 atom stereocenters.